The number of hydrogen-bond acceptors (Lipinski definition) is 4. The molecule has 2 N–H and O–H groups in total. The summed E-state index contributed by atoms with van der Waals surface area (Å²) in [4.78, 5) is 27.9. The number of halogens is 1. The van der Waals surface area contributed by atoms with Crippen LogP contribution < -0.4 is 10.6 Å². The number of carbonyl (C=O) groups is 2. The quantitative estimate of drug-likeness (QED) is 0.697. The first-order valence-electron chi connectivity index (χ1n) is 11.6. The highest BCUT2D eigenvalue weighted by atomic mass is 19.1. The largest absolute Gasteiger partial charge is 0.373 e. The lowest BCUT2D eigenvalue weighted by Crippen LogP contribution is -2.55. The maximum absolute atomic E-state index is 14.3. The van der Waals surface area contributed by atoms with Crippen molar-refractivity contribution >= 4 is 23.2 Å². The molecule has 31 heavy (non-hydrogen) atoms. The van der Waals surface area contributed by atoms with E-state index >= 15 is 0 Å². The fourth-order valence-electron chi connectivity index (χ4n) is 4.85. The number of nitrogens with zero attached hydrogens (tertiary/aromatic N) is 1. The summed E-state index contributed by atoms with van der Waals surface area (Å²) in [6.07, 6.45) is 5.03. The molecule has 2 amide bonds. The average Bonchev–Trinajstić information content (AvgIpc) is 2.70. The molecule has 0 radical (unpaired) electrons. The van der Waals surface area contributed by atoms with Gasteiger partial charge < -0.3 is 15.4 Å². The van der Waals surface area contributed by atoms with Crippen LogP contribution >= 0.6 is 0 Å². The van der Waals surface area contributed by atoms with Crippen molar-refractivity contribution in [3.63, 3.8) is 0 Å². The molecular weight excluding hydrogens is 397 g/mol. The zero-order valence-electron chi connectivity index (χ0n) is 19.1. The Labute approximate surface area is 184 Å². The highest BCUT2D eigenvalue weighted by Crippen LogP contribution is 2.27. The third-order valence-electron chi connectivity index (χ3n) is 6.21. The molecular formula is C24H36FN3O3. The van der Waals surface area contributed by atoms with Gasteiger partial charge in [0.2, 0.25) is 11.8 Å². The SMILES string of the molecule is CC1CN(C(C(=O)Nc2ccc(F)c(NC(=O)C3CCCCC3)c2)C(C)C)CC(C)O1. The summed E-state index contributed by atoms with van der Waals surface area (Å²) in [7, 11) is 0. The van der Waals surface area contributed by atoms with Crippen LogP contribution in [0.25, 0.3) is 0 Å². The molecule has 3 atom stereocenters. The second-order valence-electron chi connectivity index (χ2n) is 9.41. The Balaban J connectivity index is 1.69. The van der Waals surface area contributed by atoms with Crippen molar-refractivity contribution in [1.82, 2.24) is 4.90 Å². The number of carbonyl (C=O) groups excluding carboxylic acids is 2. The molecule has 1 aromatic carbocycles. The number of morpholine rings is 1. The summed E-state index contributed by atoms with van der Waals surface area (Å²) >= 11 is 0. The van der Waals surface area contributed by atoms with Crippen LogP contribution in [0.3, 0.4) is 0 Å². The van der Waals surface area contributed by atoms with Gasteiger partial charge in [-0.05, 0) is 50.8 Å². The van der Waals surface area contributed by atoms with Crippen LogP contribution in [-0.4, -0.2) is 48.1 Å². The maximum Gasteiger partial charge on any atom is 0.241 e. The highest BCUT2D eigenvalue weighted by molar-refractivity contribution is 5.97. The van der Waals surface area contributed by atoms with Gasteiger partial charge in [-0.3, -0.25) is 14.5 Å². The molecule has 3 rings (SSSR count). The van der Waals surface area contributed by atoms with Crippen LogP contribution in [0.4, 0.5) is 15.8 Å². The minimum absolute atomic E-state index is 0.0604. The fraction of sp³-hybridized carbons (Fsp3) is 0.667. The van der Waals surface area contributed by atoms with E-state index in [4.69, 9.17) is 4.74 Å². The highest BCUT2D eigenvalue weighted by Gasteiger charge is 2.34. The summed E-state index contributed by atoms with van der Waals surface area (Å²) in [5.74, 6) is -0.741. The molecule has 0 bridgehead atoms. The van der Waals surface area contributed by atoms with Crippen molar-refractivity contribution in [3.05, 3.63) is 24.0 Å². The van der Waals surface area contributed by atoms with Crippen LogP contribution in [0.15, 0.2) is 18.2 Å². The second-order valence-corrected chi connectivity index (χ2v) is 9.41. The Morgan fingerprint density at radius 1 is 1.06 bits per heavy atom. The number of anilines is 2. The number of hydrogen-bond donors (Lipinski definition) is 2. The Morgan fingerprint density at radius 2 is 1.71 bits per heavy atom. The first-order valence-corrected chi connectivity index (χ1v) is 11.6. The molecule has 1 saturated heterocycles. The van der Waals surface area contributed by atoms with Crippen molar-refractivity contribution in [2.24, 2.45) is 11.8 Å². The van der Waals surface area contributed by atoms with Gasteiger partial charge in [0, 0.05) is 24.7 Å². The van der Waals surface area contributed by atoms with Gasteiger partial charge in [-0.15, -0.1) is 0 Å². The predicted octanol–water partition coefficient (Wildman–Crippen LogP) is 4.42. The number of rotatable bonds is 6. The fourth-order valence-corrected chi connectivity index (χ4v) is 4.85. The first kappa shape index (κ1) is 23.7. The van der Waals surface area contributed by atoms with Crippen molar-refractivity contribution in [2.75, 3.05) is 23.7 Å². The summed E-state index contributed by atoms with van der Waals surface area (Å²) in [5.41, 5.74) is 0.591. The molecule has 2 aliphatic rings. The molecule has 0 aromatic heterocycles. The summed E-state index contributed by atoms with van der Waals surface area (Å²) in [5, 5.41) is 5.66. The van der Waals surface area contributed by atoms with E-state index in [-0.39, 0.29) is 47.6 Å². The number of ether oxygens (including phenoxy) is 1. The molecule has 2 fully saturated rings. The van der Waals surface area contributed by atoms with Gasteiger partial charge >= 0.3 is 0 Å². The monoisotopic (exact) mass is 433 g/mol. The van der Waals surface area contributed by atoms with Gasteiger partial charge in [0.05, 0.1) is 23.9 Å². The van der Waals surface area contributed by atoms with Gasteiger partial charge in [-0.2, -0.15) is 0 Å². The molecule has 172 valence electrons. The van der Waals surface area contributed by atoms with Crippen LogP contribution in [0.5, 0.6) is 0 Å². The first-order chi connectivity index (χ1) is 14.7. The topological polar surface area (TPSA) is 70.7 Å². The molecule has 1 saturated carbocycles. The number of amides is 2. The van der Waals surface area contributed by atoms with Crippen molar-refractivity contribution in [1.29, 1.82) is 0 Å². The smallest absolute Gasteiger partial charge is 0.241 e. The van der Waals surface area contributed by atoms with E-state index in [1.165, 1.54) is 18.2 Å². The Kier molecular flexibility index (Phi) is 8.06. The van der Waals surface area contributed by atoms with Crippen LogP contribution in [-0.2, 0) is 14.3 Å². The molecule has 0 spiro atoms. The third kappa shape index (κ3) is 6.26. The van der Waals surface area contributed by atoms with Crippen molar-refractivity contribution in [3.8, 4) is 0 Å². The Hall–Kier alpha value is -1.99. The van der Waals surface area contributed by atoms with Gasteiger partial charge in [0.1, 0.15) is 5.82 Å². The average molecular weight is 434 g/mol. The number of benzene rings is 1. The molecule has 1 heterocycles. The molecule has 1 aliphatic carbocycles. The molecule has 1 aliphatic heterocycles. The Bertz CT molecular complexity index is 769. The van der Waals surface area contributed by atoms with Gasteiger partial charge in [-0.1, -0.05) is 33.1 Å². The predicted molar refractivity (Wildman–Crippen MR) is 120 cm³/mol. The summed E-state index contributed by atoms with van der Waals surface area (Å²) in [6, 6.07) is 4.01. The summed E-state index contributed by atoms with van der Waals surface area (Å²) in [6.45, 7) is 9.45. The van der Waals surface area contributed by atoms with E-state index < -0.39 is 5.82 Å². The lowest BCUT2D eigenvalue weighted by molar-refractivity contribution is -0.130. The molecule has 7 heteroatoms. The maximum atomic E-state index is 14.3. The van der Waals surface area contributed by atoms with Gasteiger partial charge in [-0.25, -0.2) is 4.39 Å². The number of nitrogens with one attached hydrogen (secondary N) is 2. The van der Waals surface area contributed by atoms with Crippen molar-refractivity contribution in [2.45, 2.75) is 78.0 Å². The molecule has 6 nitrogen and oxygen atoms in total. The van der Waals surface area contributed by atoms with E-state index in [0.29, 0.717) is 18.8 Å². The minimum Gasteiger partial charge on any atom is -0.373 e. The van der Waals surface area contributed by atoms with Crippen LogP contribution in [0.1, 0.15) is 59.8 Å². The van der Waals surface area contributed by atoms with Crippen molar-refractivity contribution < 1.29 is 18.7 Å². The zero-order valence-corrected chi connectivity index (χ0v) is 19.1. The standard InChI is InChI=1S/C24H36FN3O3/c1-15(2)22(28-13-16(3)31-17(4)14-28)24(30)26-19-10-11-20(25)21(12-19)27-23(29)18-8-6-5-7-9-18/h10-12,15-18,22H,5-9,13-14H2,1-4H3,(H,26,30)(H,27,29). The van der Waals surface area contributed by atoms with Gasteiger partial charge in [0.25, 0.3) is 0 Å². The summed E-state index contributed by atoms with van der Waals surface area (Å²) < 4.78 is 20.2. The van der Waals surface area contributed by atoms with E-state index in [1.54, 1.807) is 0 Å². The third-order valence-corrected chi connectivity index (χ3v) is 6.21. The van der Waals surface area contributed by atoms with E-state index in [9.17, 15) is 14.0 Å². The Morgan fingerprint density at radius 3 is 2.32 bits per heavy atom. The lowest BCUT2D eigenvalue weighted by atomic mass is 9.88. The zero-order chi connectivity index (χ0) is 22.5. The normalized spacial score (nSPS) is 24.1. The lowest BCUT2D eigenvalue weighted by Gasteiger charge is -2.41. The van der Waals surface area contributed by atoms with E-state index in [0.717, 1.165) is 32.1 Å². The second kappa shape index (κ2) is 10.6. The minimum atomic E-state index is -0.501. The van der Waals surface area contributed by atoms with E-state index in [1.807, 2.05) is 27.7 Å². The van der Waals surface area contributed by atoms with E-state index in [2.05, 4.69) is 15.5 Å². The van der Waals surface area contributed by atoms with Crippen LogP contribution in [0.2, 0.25) is 0 Å². The molecule has 3 unspecified atom stereocenters. The van der Waals surface area contributed by atoms with Crippen LogP contribution in [0, 0.1) is 17.7 Å². The van der Waals surface area contributed by atoms with Gasteiger partial charge in [0.15, 0.2) is 0 Å². The molecule has 1 aromatic rings.